The Morgan fingerprint density at radius 1 is 1.16 bits per heavy atom. The summed E-state index contributed by atoms with van der Waals surface area (Å²) >= 11 is 0. The highest BCUT2D eigenvalue weighted by atomic mass is 16.2. The number of aromatic nitrogens is 1. The Morgan fingerprint density at radius 2 is 1.92 bits per heavy atom. The van der Waals surface area contributed by atoms with Crippen molar-refractivity contribution in [2.45, 2.75) is 33.4 Å². The largest absolute Gasteiger partial charge is 0.361 e. The molecule has 4 heteroatoms. The number of fused-ring (bicyclic) bond motifs is 1. The number of aryl methyl sites for hydroxylation is 1. The van der Waals surface area contributed by atoms with Gasteiger partial charge in [-0.1, -0.05) is 35.9 Å². The van der Waals surface area contributed by atoms with Crippen LogP contribution in [0.4, 0.5) is 4.79 Å². The maximum Gasteiger partial charge on any atom is 0.318 e. The van der Waals surface area contributed by atoms with Crippen molar-refractivity contribution in [1.82, 2.24) is 15.2 Å². The van der Waals surface area contributed by atoms with E-state index in [-0.39, 0.29) is 12.1 Å². The summed E-state index contributed by atoms with van der Waals surface area (Å²) in [6.07, 6.45) is 1.93. The number of carbonyl (C=O) groups excluding carboxylic acids is 1. The lowest BCUT2D eigenvalue weighted by Gasteiger charge is -2.24. The van der Waals surface area contributed by atoms with Crippen LogP contribution in [0.3, 0.4) is 0 Å². The van der Waals surface area contributed by atoms with Gasteiger partial charge in [0.2, 0.25) is 0 Å². The van der Waals surface area contributed by atoms with Crippen LogP contribution in [0.2, 0.25) is 0 Å². The minimum atomic E-state index is -0.0373. The monoisotopic (exact) mass is 335 g/mol. The van der Waals surface area contributed by atoms with Gasteiger partial charge in [0.25, 0.3) is 0 Å². The standard InChI is InChI=1S/C21H25N3O/c1-4-24(14-17-7-10-20-19(13-17)11-12-22-20)21(25)23-16(3)18-8-5-15(2)6-9-18/h5-13,16,22H,4,14H2,1-3H3,(H,23,25). The van der Waals surface area contributed by atoms with E-state index < -0.39 is 0 Å². The number of hydrogen-bond acceptors (Lipinski definition) is 1. The molecule has 25 heavy (non-hydrogen) atoms. The third-order valence-electron chi connectivity index (χ3n) is 4.58. The zero-order valence-corrected chi connectivity index (χ0v) is 15.0. The van der Waals surface area contributed by atoms with Crippen LogP contribution < -0.4 is 5.32 Å². The molecule has 130 valence electrons. The van der Waals surface area contributed by atoms with Crippen LogP contribution in [-0.4, -0.2) is 22.5 Å². The Bertz CT molecular complexity index is 851. The van der Waals surface area contributed by atoms with E-state index in [9.17, 15) is 4.79 Å². The molecule has 1 heterocycles. The number of benzene rings is 2. The second-order valence-electron chi connectivity index (χ2n) is 6.50. The molecule has 4 nitrogen and oxygen atoms in total. The van der Waals surface area contributed by atoms with Crippen LogP contribution in [-0.2, 0) is 6.54 Å². The first-order valence-electron chi connectivity index (χ1n) is 8.75. The van der Waals surface area contributed by atoms with Gasteiger partial charge in [-0.3, -0.25) is 0 Å². The molecule has 0 spiro atoms. The van der Waals surface area contributed by atoms with Crippen molar-refractivity contribution in [1.29, 1.82) is 0 Å². The molecule has 0 aliphatic rings. The first-order chi connectivity index (χ1) is 12.1. The van der Waals surface area contributed by atoms with Crippen LogP contribution in [0.5, 0.6) is 0 Å². The fourth-order valence-electron chi connectivity index (χ4n) is 2.96. The lowest BCUT2D eigenvalue weighted by molar-refractivity contribution is 0.195. The number of rotatable bonds is 5. The second kappa shape index (κ2) is 7.43. The van der Waals surface area contributed by atoms with E-state index in [1.165, 1.54) is 10.9 Å². The molecule has 2 N–H and O–H groups in total. The smallest absolute Gasteiger partial charge is 0.318 e. The summed E-state index contributed by atoms with van der Waals surface area (Å²) < 4.78 is 0. The van der Waals surface area contributed by atoms with Crippen molar-refractivity contribution in [2.75, 3.05) is 6.54 Å². The van der Waals surface area contributed by atoms with E-state index in [2.05, 4.69) is 65.8 Å². The molecular formula is C21H25N3O. The molecule has 2 aromatic carbocycles. The summed E-state index contributed by atoms with van der Waals surface area (Å²) in [6.45, 7) is 7.35. The second-order valence-corrected chi connectivity index (χ2v) is 6.50. The van der Waals surface area contributed by atoms with E-state index in [1.807, 2.05) is 24.9 Å². The molecule has 1 unspecified atom stereocenters. The number of aromatic amines is 1. The Balaban J connectivity index is 1.66. The number of H-pyrrole nitrogens is 1. The zero-order valence-electron chi connectivity index (χ0n) is 15.0. The Labute approximate surface area is 148 Å². The molecule has 3 rings (SSSR count). The fraction of sp³-hybridized carbons (Fsp3) is 0.286. The Kier molecular flexibility index (Phi) is 5.08. The number of urea groups is 1. The van der Waals surface area contributed by atoms with Gasteiger partial charge in [-0.25, -0.2) is 4.79 Å². The van der Waals surface area contributed by atoms with Gasteiger partial charge in [-0.2, -0.15) is 0 Å². The van der Waals surface area contributed by atoms with Crippen LogP contribution in [0, 0.1) is 6.92 Å². The number of amides is 2. The lowest BCUT2D eigenvalue weighted by atomic mass is 10.1. The third-order valence-corrected chi connectivity index (χ3v) is 4.58. The first kappa shape index (κ1) is 17.1. The quantitative estimate of drug-likeness (QED) is 0.693. The molecule has 3 aromatic rings. The predicted molar refractivity (Wildman–Crippen MR) is 103 cm³/mol. The lowest BCUT2D eigenvalue weighted by Crippen LogP contribution is -2.40. The Morgan fingerprint density at radius 3 is 2.64 bits per heavy atom. The molecule has 0 saturated heterocycles. The fourth-order valence-corrected chi connectivity index (χ4v) is 2.96. The van der Waals surface area contributed by atoms with Gasteiger partial charge in [-0.15, -0.1) is 0 Å². The maximum atomic E-state index is 12.7. The first-order valence-corrected chi connectivity index (χ1v) is 8.75. The summed E-state index contributed by atoms with van der Waals surface area (Å²) in [7, 11) is 0. The van der Waals surface area contributed by atoms with E-state index in [0.29, 0.717) is 13.1 Å². The zero-order chi connectivity index (χ0) is 17.8. The van der Waals surface area contributed by atoms with Crippen molar-refractivity contribution >= 4 is 16.9 Å². The van der Waals surface area contributed by atoms with Crippen LogP contribution in [0.25, 0.3) is 10.9 Å². The van der Waals surface area contributed by atoms with Crippen molar-refractivity contribution in [2.24, 2.45) is 0 Å². The molecule has 1 atom stereocenters. The summed E-state index contributed by atoms with van der Waals surface area (Å²) in [5.74, 6) is 0. The van der Waals surface area contributed by atoms with Gasteiger partial charge in [0, 0.05) is 24.8 Å². The number of hydrogen-bond donors (Lipinski definition) is 2. The van der Waals surface area contributed by atoms with Crippen LogP contribution in [0.1, 0.15) is 36.6 Å². The van der Waals surface area contributed by atoms with E-state index >= 15 is 0 Å². The van der Waals surface area contributed by atoms with E-state index in [1.54, 1.807) is 0 Å². The highest BCUT2D eigenvalue weighted by molar-refractivity contribution is 5.80. The van der Waals surface area contributed by atoms with Crippen molar-refractivity contribution in [3.63, 3.8) is 0 Å². The molecule has 0 aliphatic carbocycles. The minimum Gasteiger partial charge on any atom is -0.361 e. The average Bonchev–Trinajstić information content (AvgIpc) is 3.07. The van der Waals surface area contributed by atoms with Crippen molar-refractivity contribution in [3.05, 3.63) is 71.4 Å². The number of carbonyl (C=O) groups is 1. The molecule has 0 radical (unpaired) electrons. The molecule has 0 saturated carbocycles. The number of nitrogens with zero attached hydrogens (tertiary/aromatic N) is 1. The highest BCUT2D eigenvalue weighted by Crippen LogP contribution is 2.17. The molecule has 2 amide bonds. The minimum absolute atomic E-state index is 0.0192. The number of nitrogens with one attached hydrogen (secondary N) is 2. The van der Waals surface area contributed by atoms with E-state index in [0.717, 1.165) is 16.6 Å². The van der Waals surface area contributed by atoms with Gasteiger partial charge < -0.3 is 15.2 Å². The summed E-state index contributed by atoms with van der Waals surface area (Å²) in [5.41, 5.74) is 4.58. The van der Waals surface area contributed by atoms with Gasteiger partial charge in [0.05, 0.1) is 6.04 Å². The SMILES string of the molecule is CCN(Cc1ccc2[nH]ccc2c1)C(=O)NC(C)c1ccc(C)cc1. The van der Waals surface area contributed by atoms with Crippen molar-refractivity contribution in [3.8, 4) is 0 Å². The predicted octanol–water partition coefficient (Wildman–Crippen LogP) is 4.77. The van der Waals surface area contributed by atoms with Gasteiger partial charge in [-0.05, 0) is 55.5 Å². The normalized spacial score (nSPS) is 12.1. The summed E-state index contributed by atoms with van der Waals surface area (Å²) in [5, 5.41) is 4.27. The molecule has 0 aliphatic heterocycles. The molecule has 0 bridgehead atoms. The van der Waals surface area contributed by atoms with Crippen LogP contribution >= 0.6 is 0 Å². The Hall–Kier alpha value is -2.75. The topological polar surface area (TPSA) is 48.1 Å². The van der Waals surface area contributed by atoms with E-state index in [4.69, 9.17) is 0 Å². The molecule has 0 fully saturated rings. The van der Waals surface area contributed by atoms with Gasteiger partial charge in [0.15, 0.2) is 0 Å². The molecule has 1 aromatic heterocycles. The van der Waals surface area contributed by atoms with Gasteiger partial charge >= 0.3 is 6.03 Å². The average molecular weight is 335 g/mol. The maximum absolute atomic E-state index is 12.7. The highest BCUT2D eigenvalue weighted by Gasteiger charge is 2.15. The van der Waals surface area contributed by atoms with Crippen LogP contribution in [0.15, 0.2) is 54.7 Å². The van der Waals surface area contributed by atoms with Crippen molar-refractivity contribution < 1.29 is 4.79 Å². The molecular weight excluding hydrogens is 310 g/mol. The van der Waals surface area contributed by atoms with Gasteiger partial charge in [0.1, 0.15) is 0 Å². The third kappa shape index (κ3) is 4.02. The summed E-state index contributed by atoms with van der Waals surface area (Å²) in [6, 6.07) is 16.5. The summed E-state index contributed by atoms with van der Waals surface area (Å²) in [4.78, 5) is 17.7.